The maximum atomic E-state index is 5.94. The second kappa shape index (κ2) is 4.39. The van der Waals surface area contributed by atoms with Gasteiger partial charge in [-0.2, -0.15) is 0 Å². The lowest BCUT2D eigenvalue weighted by Gasteiger charge is -2.35. The van der Waals surface area contributed by atoms with Gasteiger partial charge in [-0.3, -0.25) is 9.89 Å². The van der Waals surface area contributed by atoms with Crippen LogP contribution in [-0.2, 0) is 0 Å². The molecule has 0 atom stereocenters. The van der Waals surface area contributed by atoms with Gasteiger partial charge in [0.25, 0.3) is 0 Å². The summed E-state index contributed by atoms with van der Waals surface area (Å²) in [6.07, 6.45) is 2.80. The second-order valence-corrected chi connectivity index (χ2v) is 4.84. The Morgan fingerprint density at radius 1 is 1.20 bits per heavy atom. The number of hydrogen-bond donors (Lipinski definition) is 1. The zero-order chi connectivity index (χ0) is 10.8. The third kappa shape index (κ3) is 2.84. The van der Waals surface area contributed by atoms with Crippen LogP contribution in [0.15, 0.2) is 4.99 Å². The zero-order valence-corrected chi connectivity index (χ0v) is 9.82. The Kier molecular flexibility index (Phi) is 3.14. The van der Waals surface area contributed by atoms with Crippen LogP contribution in [0.25, 0.3) is 0 Å². The largest absolute Gasteiger partial charge is 0.370 e. The highest BCUT2D eigenvalue weighted by Gasteiger charge is 2.31. The van der Waals surface area contributed by atoms with E-state index in [4.69, 9.17) is 5.73 Å². The fourth-order valence-electron chi connectivity index (χ4n) is 2.10. The quantitative estimate of drug-likeness (QED) is 0.533. The molecule has 1 aliphatic heterocycles. The van der Waals surface area contributed by atoms with Gasteiger partial charge in [-0.15, -0.1) is 0 Å². The van der Waals surface area contributed by atoms with Crippen molar-refractivity contribution in [2.75, 3.05) is 26.2 Å². The van der Waals surface area contributed by atoms with Gasteiger partial charge in [-0.25, -0.2) is 0 Å². The Hall–Kier alpha value is -0.770. The zero-order valence-electron chi connectivity index (χ0n) is 9.82. The first-order valence-corrected chi connectivity index (χ1v) is 5.99. The van der Waals surface area contributed by atoms with Gasteiger partial charge >= 0.3 is 0 Å². The molecule has 1 saturated heterocycles. The van der Waals surface area contributed by atoms with Crippen molar-refractivity contribution in [1.82, 2.24) is 9.80 Å². The Balaban J connectivity index is 1.81. The minimum atomic E-state index is 0.298. The molecular weight excluding hydrogens is 188 g/mol. The average molecular weight is 210 g/mol. The SMILES string of the molecule is CC(C)N=C(N)N1CCN(C2CC2)CC1. The molecule has 0 amide bonds. The van der Waals surface area contributed by atoms with Crippen molar-refractivity contribution in [3.05, 3.63) is 0 Å². The lowest BCUT2D eigenvalue weighted by molar-refractivity contribution is 0.173. The van der Waals surface area contributed by atoms with E-state index < -0.39 is 0 Å². The van der Waals surface area contributed by atoms with E-state index >= 15 is 0 Å². The van der Waals surface area contributed by atoms with Crippen molar-refractivity contribution in [1.29, 1.82) is 0 Å². The number of nitrogens with two attached hydrogens (primary N) is 1. The Labute approximate surface area is 92.1 Å². The van der Waals surface area contributed by atoms with E-state index in [9.17, 15) is 0 Å². The van der Waals surface area contributed by atoms with Crippen molar-refractivity contribution in [3.63, 3.8) is 0 Å². The molecule has 15 heavy (non-hydrogen) atoms. The third-order valence-electron chi connectivity index (χ3n) is 3.09. The molecule has 1 saturated carbocycles. The van der Waals surface area contributed by atoms with Gasteiger partial charge in [0.15, 0.2) is 5.96 Å². The summed E-state index contributed by atoms with van der Waals surface area (Å²) >= 11 is 0. The molecule has 0 aromatic heterocycles. The van der Waals surface area contributed by atoms with Gasteiger partial charge in [0.2, 0.25) is 0 Å². The van der Waals surface area contributed by atoms with Gasteiger partial charge in [0.05, 0.1) is 0 Å². The summed E-state index contributed by atoms with van der Waals surface area (Å²) in [5.41, 5.74) is 5.94. The van der Waals surface area contributed by atoms with E-state index in [-0.39, 0.29) is 0 Å². The number of piperazine rings is 1. The molecule has 0 bridgehead atoms. The molecule has 86 valence electrons. The normalized spacial score (nSPS) is 25.0. The summed E-state index contributed by atoms with van der Waals surface area (Å²) in [5.74, 6) is 0.723. The molecular formula is C11H22N4. The fourth-order valence-corrected chi connectivity index (χ4v) is 2.10. The molecule has 2 rings (SSSR count). The van der Waals surface area contributed by atoms with Crippen LogP contribution in [0.3, 0.4) is 0 Å². The number of guanidine groups is 1. The van der Waals surface area contributed by atoms with E-state index in [0.717, 1.165) is 38.2 Å². The molecule has 2 fully saturated rings. The smallest absolute Gasteiger partial charge is 0.191 e. The van der Waals surface area contributed by atoms with Crippen LogP contribution in [0.4, 0.5) is 0 Å². The van der Waals surface area contributed by atoms with Crippen molar-refractivity contribution in [2.24, 2.45) is 10.7 Å². The van der Waals surface area contributed by atoms with E-state index in [0.29, 0.717) is 6.04 Å². The summed E-state index contributed by atoms with van der Waals surface area (Å²) in [7, 11) is 0. The molecule has 1 aliphatic carbocycles. The highest BCUT2D eigenvalue weighted by Crippen LogP contribution is 2.27. The van der Waals surface area contributed by atoms with E-state index in [2.05, 4.69) is 28.6 Å². The molecule has 4 nitrogen and oxygen atoms in total. The standard InChI is InChI=1S/C11H22N4/c1-9(2)13-11(12)15-7-5-14(6-8-15)10-3-4-10/h9-10H,3-8H2,1-2H3,(H2,12,13). The minimum absolute atomic E-state index is 0.298. The Morgan fingerprint density at radius 3 is 2.27 bits per heavy atom. The Morgan fingerprint density at radius 2 is 1.80 bits per heavy atom. The van der Waals surface area contributed by atoms with Crippen LogP contribution in [0.1, 0.15) is 26.7 Å². The number of rotatable bonds is 2. The van der Waals surface area contributed by atoms with E-state index in [1.807, 2.05) is 0 Å². The monoisotopic (exact) mass is 210 g/mol. The predicted molar refractivity (Wildman–Crippen MR) is 62.9 cm³/mol. The van der Waals surface area contributed by atoms with Gasteiger partial charge in [-0.1, -0.05) is 0 Å². The number of hydrogen-bond acceptors (Lipinski definition) is 2. The summed E-state index contributed by atoms with van der Waals surface area (Å²) in [6.45, 7) is 8.51. The molecule has 2 N–H and O–H groups in total. The minimum Gasteiger partial charge on any atom is -0.370 e. The molecule has 1 heterocycles. The van der Waals surface area contributed by atoms with Gasteiger partial charge in [0.1, 0.15) is 0 Å². The Bertz CT molecular complexity index is 237. The van der Waals surface area contributed by atoms with E-state index in [1.165, 1.54) is 12.8 Å². The second-order valence-electron chi connectivity index (χ2n) is 4.84. The lowest BCUT2D eigenvalue weighted by Crippen LogP contribution is -2.51. The average Bonchev–Trinajstić information content (AvgIpc) is 3.00. The first-order chi connectivity index (χ1) is 7.16. The maximum absolute atomic E-state index is 5.94. The van der Waals surface area contributed by atoms with Gasteiger partial charge in [0, 0.05) is 38.3 Å². The molecule has 0 spiro atoms. The predicted octanol–water partition coefficient (Wildman–Crippen LogP) is 0.490. The third-order valence-corrected chi connectivity index (χ3v) is 3.09. The van der Waals surface area contributed by atoms with Gasteiger partial charge < -0.3 is 10.6 Å². The van der Waals surface area contributed by atoms with Crippen molar-refractivity contribution >= 4 is 5.96 Å². The summed E-state index contributed by atoms with van der Waals surface area (Å²) in [6, 6.07) is 1.18. The van der Waals surface area contributed by atoms with Crippen molar-refractivity contribution in [2.45, 2.75) is 38.8 Å². The topological polar surface area (TPSA) is 44.9 Å². The summed E-state index contributed by atoms with van der Waals surface area (Å²) in [5, 5.41) is 0. The maximum Gasteiger partial charge on any atom is 0.191 e. The van der Waals surface area contributed by atoms with Crippen LogP contribution in [0.2, 0.25) is 0 Å². The summed E-state index contributed by atoms with van der Waals surface area (Å²) < 4.78 is 0. The molecule has 0 unspecified atom stereocenters. The van der Waals surface area contributed by atoms with Crippen LogP contribution in [0.5, 0.6) is 0 Å². The molecule has 2 aliphatic rings. The molecule has 0 aromatic rings. The molecule has 0 aromatic carbocycles. The van der Waals surface area contributed by atoms with Crippen molar-refractivity contribution in [3.8, 4) is 0 Å². The summed E-state index contributed by atoms with van der Waals surface area (Å²) in [4.78, 5) is 9.18. The van der Waals surface area contributed by atoms with Crippen LogP contribution in [0, 0.1) is 0 Å². The van der Waals surface area contributed by atoms with Crippen LogP contribution in [-0.4, -0.2) is 54.0 Å². The van der Waals surface area contributed by atoms with E-state index in [1.54, 1.807) is 0 Å². The highest BCUT2D eigenvalue weighted by molar-refractivity contribution is 5.78. The highest BCUT2D eigenvalue weighted by atomic mass is 15.3. The first-order valence-electron chi connectivity index (χ1n) is 5.99. The molecule has 0 radical (unpaired) electrons. The molecule has 4 heteroatoms. The number of aliphatic imine (C=N–C) groups is 1. The van der Waals surface area contributed by atoms with Crippen LogP contribution < -0.4 is 5.73 Å². The number of nitrogens with zero attached hydrogens (tertiary/aromatic N) is 3. The fraction of sp³-hybridized carbons (Fsp3) is 0.909. The lowest BCUT2D eigenvalue weighted by atomic mass is 10.3. The first kappa shape index (κ1) is 10.7. The van der Waals surface area contributed by atoms with Crippen LogP contribution >= 0.6 is 0 Å². The van der Waals surface area contributed by atoms with Crippen molar-refractivity contribution < 1.29 is 0 Å². The van der Waals surface area contributed by atoms with Gasteiger partial charge in [-0.05, 0) is 26.7 Å².